The van der Waals surface area contributed by atoms with Crippen molar-refractivity contribution in [3.63, 3.8) is 0 Å². The summed E-state index contributed by atoms with van der Waals surface area (Å²) in [5.74, 6) is 0.0233. The number of amides is 1. The van der Waals surface area contributed by atoms with Crippen LogP contribution in [0.4, 0.5) is 13.6 Å². The smallest absolute Gasteiger partial charge is 0.427 e. The summed E-state index contributed by atoms with van der Waals surface area (Å²) in [4.78, 5) is 10.8. The number of carbonyl (C=O) groups excluding carboxylic acids is 1. The van der Waals surface area contributed by atoms with Gasteiger partial charge in [0.05, 0.1) is 12.8 Å². The van der Waals surface area contributed by atoms with E-state index in [9.17, 15) is 13.6 Å². The van der Waals surface area contributed by atoms with E-state index in [1.807, 2.05) is 0 Å². The van der Waals surface area contributed by atoms with Crippen molar-refractivity contribution in [2.45, 2.75) is 13.5 Å². The second-order valence-corrected chi connectivity index (χ2v) is 3.21. The van der Waals surface area contributed by atoms with Gasteiger partial charge in [-0.05, 0) is 19.1 Å². The Kier molecular flexibility index (Phi) is 5.04. The molecule has 98 valence electrons. The van der Waals surface area contributed by atoms with Gasteiger partial charge >= 0.3 is 12.7 Å². The highest BCUT2D eigenvalue weighted by Crippen LogP contribution is 2.16. The molecule has 0 aliphatic carbocycles. The summed E-state index contributed by atoms with van der Waals surface area (Å²) in [6, 6.07) is 5.99. The molecule has 0 radical (unpaired) electrons. The molecule has 18 heavy (non-hydrogen) atoms. The zero-order valence-corrected chi connectivity index (χ0v) is 9.81. The van der Waals surface area contributed by atoms with Crippen LogP contribution in [0, 0.1) is 0 Å². The lowest BCUT2D eigenvalue weighted by atomic mass is 10.1. The number of methoxy groups -OCH3 is 1. The molecule has 0 unspecified atom stereocenters. The third-order valence-electron chi connectivity index (χ3n) is 1.98. The maximum Gasteiger partial charge on any atom is 0.427 e. The van der Waals surface area contributed by atoms with Gasteiger partial charge in [-0.1, -0.05) is 12.1 Å². The number of hydrogen-bond acceptors (Lipinski definition) is 4. The van der Waals surface area contributed by atoms with Crippen molar-refractivity contribution < 1.29 is 23.0 Å². The van der Waals surface area contributed by atoms with E-state index in [2.05, 4.69) is 20.0 Å². The number of carbonyl (C=O) groups is 1. The maximum atomic E-state index is 12.0. The first-order chi connectivity index (χ1) is 8.52. The average molecular weight is 258 g/mol. The van der Waals surface area contributed by atoms with Crippen LogP contribution in [0.5, 0.6) is 5.75 Å². The van der Waals surface area contributed by atoms with Gasteiger partial charge in [0.15, 0.2) is 0 Å². The number of ether oxygens (including phenoxy) is 2. The Morgan fingerprint density at radius 3 is 2.78 bits per heavy atom. The predicted octanol–water partition coefficient (Wildman–Crippen LogP) is 2.37. The first kappa shape index (κ1) is 13.9. The average Bonchev–Trinajstić information content (AvgIpc) is 2.35. The lowest BCUT2D eigenvalue weighted by Gasteiger charge is -2.06. The second-order valence-electron chi connectivity index (χ2n) is 3.21. The minimum absolute atomic E-state index is 0.0233. The van der Waals surface area contributed by atoms with E-state index >= 15 is 0 Å². The van der Waals surface area contributed by atoms with E-state index in [4.69, 9.17) is 0 Å². The molecule has 0 bridgehead atoms. The van der Waals surface area contributed by atoms with E-state index in [0.717, 1.165) is 0 Å². The zero-order valence-electron chi connectivity index (χ0n) is 9.81. The number of nitrogens with zero attached hydrogens (tertiary/aromatic N) is 1. The largest absolute Gasteiger partial charge is 0.452 e. The van der Waals surface area contributed by atoms with Crippen molar-refractivity contribution in [2.24, 2.45) is 5.10 Å². The van der Waals surface area contributed by atoms with Crippen molar-refractivity contribution in [3.05, 3.63) is 29.8 Å². The molecule has 0 saturated heterocycles. The van der Waals surface area contributed by atoms with E-state index in [1.54, 1.807) is 19.1 Å². The van der Waals surface area contributed by atoms with Crippen LogP contribution in [0.3, 0.4) is 0 Å². The number of hydrogen-bond donors (Lipinski definition) is 1. The van der Waals surface area contributed by atoms with Crippen LogP contribution in [0.25, 0.3) is 0 Å². The van der Waals surface area contributed by atoms with Crippen LogP contribution >= 0.6 is 0 Å². The van der Waals surface area contributed by atoms with Gasteiger partial charge in [0.25, 0.3) is 0 Å². The Morgan fingerprint density at radius 2 is 2.17 bits per heavy atom. The summed E-state index contributed by atoms with van der Waals surface area (Å²) in [5, 5.41) is 3.73. The van der Waals surface area contributed by atoms with Crippen molar-refractivity contribution in [3.8, 4) is 5.75 Å². The highest BCUT2D eigenvalue weighted by Gasteiger charge is 2.06. The highest BCUT2D eigenvalue weighted by molar-refractivity contribution is 5.99. The number of alkyl halides is 2. The Morgan fingerprint density at radius 1 is 1.44 bits per heavy atom. The molecule has 0 aliphatic rings. The number of benzene rings is 1. The van der Waals surface area contributed by atoms with Gasteiger partial charge in [0.2, 0.25) is 0 Å². The fourth-order valence-electron chi connectivity index (χ4n) is 1.14. The molecule has 5 nitrogen and oxygen atoms in total. The van der Waals surface area contributed by atoms with E-state index in [0.29, 0.717) is 11.3 Å². The summed E-state index contributed by atoms with van der Waals surface area (Å²) >= 11 is 0. The summed E-state index contributed by atoms with van der Waals surface area (Å²) in [7, 11) is 1.21. The molecule has 1 amide bonds. The first-order valence-electron chi connectivity index (χ1n) is 4.96. The van der Waals surface area contributed by atoms with Crippen LogP contribution < -0.4 is 10.2 Å². The minimum atomic E-state index is -2.88. The second kappa shape index (κ2) is 6.53. The molecule has 1 aromatic carbocycles. The van der Waals surface area contributed by atoms with Crippen LogP contribution in [0.2, 0.25) is 0 Å². The number of rotatable bonds is 4. The van der Waals surface area contributed by atoms with Crippen LogP contribution in [0.15, 0.2) is 29.4 Å². The molecule has 0 saturated carbocycles. The van der Waals surface area contributed by atoms with Gasteiger partial charge in [-0.2, -0.15) is 13.9 Å². The minimum Gasteiger partial charge on any atom is -0.452 e. The summed E-state index contributed by atoms with van der Waals surface area (Å²) < 4.78 is 32.6. The highest BCUT2D eigenvalue weighted by atomic mass is 19.3. The molecule has 1 rings (SSSR count). The van der Waals surface area contributed by atoms with Gasteiger partial charge in [-0.15, -0.1) is 0 Å². The fourth-order valence-corrected chi connectivity index (χ4v) is 1.14. The molecule has 1 N–H and O–H groups in total. The zero-order chi connectivity index (χ0) is 13.5. The lowest BCUT2D eigenvalue weighted by molar-refractivity contribution is -0.0498. The third-order valence-corrected chi connectivity index (χ3v) is 1.98. The van der Waals surface area contributed by atoms with Crippen molar-refractivity contribution in [1.29, 1.82) is 0 Å². The van der Waals surface area contributed by atoms with Crippen molar-refractivity contribution in [1.82, 2.24) is 5.43 Å². The Balaban J connectivity index is 2.79. The van der Waals surface area contributed by atoms with E-state index in [-0.39, 0.29) is 5.75 Å². The Labute approximate surface area is 102 Å². The standard InChI is InChI=1S/C11H12F2N2O3/c1-7(14-15-11(16)17-2)8-4-3-5-9(6-8)18-10(12)13/h3-6,10H,1-2H3,(H,15,16)/b14-7-. The third kappa shape index (κ3) is 4.36. The predicted molar refractivity (Wildman–Crippen MR) is 60.8 cm³/mol. The lowest BCUT2D eigenvalue weighted by Crippen LogP contribution is -2.18. The van der Waals surface area contributed by atoms with Gasteiger partial charge in [-0.25, -0.2) is 10.2 Å². The molecule has 0 spiro atoms. The summed E-state index contributed by atoms with van der Waals surface area (Å²) in [6.45, 7) is -1.28. The van der Waals surface area contributed by atoms with Gasteiger partial charge < -0.3 is 9.47 Å². The normalized spacial score (nSPS) is 11.3. The molecule has 7 heteroatoms. The van der Waals surface area contributed by atoms with E-state index < -0.39 is 12.7 Å². The number of halogens is 2. The van der Waals surface area contributed by atoms with Gasteiger partial charge in [0.1, 0.15) is 5.75 Å². The van der Waals surface area contributed by atoms with Crippen molar-refractivity contribution >= 4 is 11.8 Å². The number of hydrazone groups is 1. The molecule has 0 heterocycles. The molecule has 0 aliphatic heterocycles. The fraction of sp³-hybridized carbons (Fsp3) is 0.273. The topological polar surface area (TPSA) is 59.9 Å². The molecule has 1 aromatic rings. The molecular formula is C11H12F2N2O3. The quantitative estimate of drug-likeness (QED) is 0.666. The first-order valence-corrected chi connectivity index (χ1v) is 4.96. The van der Waals surface area contributed by atoms with Crippen LogP contribution in [-0.4, -0.2) is 25.5 Å². The Bertz CT molecular complexity index is 450. The SMILES string of the molecule is COC(=O)N/N=C(/C)c1cccc(OC(F)F)c1. The summed E-state index contributed by atoms with van der Waals surface area (Å²) in [5.41, 5.74) is 3.11. The summed E-state index contributed by atoms with van der Waals surface area (Å²) in [6.07, 6.45) is -0.714. The van der Waals surface area contributed by atoms with Crippen LogP contribution in [0.1, 0.15) is 12.5 Å². The monoisotopic (exact) mass is 258 g/mol. The number of nitrogens with one attached hydrogen (secondary N) is 1. The molecule has 0 aromatic heterocycles. The van der Waals surface area contributed by atoms with Crippen LogP contribution in [-0.2, 0) is 4.74 Å². The van der Waals surface area contributed by atoms with Gasteiger partial charge in [-0.3, -0.25) is 0 Å². The molecular weight excluding hydrogens is 246 g/mol. The van der Waals surface area contributed by atoms with Gasteiger partial charge in [0, 0.05) is 5.56 Å². The maximum absolute atomic E-state index is 12.0. The molecule has 0 atom stereocenters. The van der Waals surface area contributed by atoms with Crippen molar-refractivity contribution in [2.75, 3.05) is 7.11 Å². The Hall–Kier alpha value is -2.18. The molecule has 0 fully saturated rings. The van der Waals surface area contributed by atoms with E-state index in [1.165, 1.54) is 19.2 Å².